The van der Waals surface area contributed by atoms with Gasteiger partial charge in [0.05, 0.1) is 0 Å². The first-order valence-corrected chi connectivity index (χ1v) is 10.1. The molecule has 0 saturated carbocycles. The first-order valence-electron chi connectivity index (χ1n) is 8.68. The van der Waals surface area contributed by atoms with E-state index in [2.05, 4.69) is 10.2 Å². The van der Waals surface area contributed by atoms with Gasteiger partial charge in [-0.3, -0.25) is 4.55 Å². The summed E-state index contributed by atoms with van der Waals surface area (Å²) in [7, 11) is -4.55. The van der Waals surface area contributed by atoms with Crippen molar-refractivity contribution < 1.29 is 18.1 Å². The van der Waals surface area contributed by atoms with Crippen LogP contribution in [0.15, 0.2) is 75.8 Å². The second kappa shape index (κ2) is 6.84. The minimum absolute atomic E-state index is 0.0256. The monoisotopic (exact) mass is 407 g/mol. The molecule has 4 N–H and O–H groups in total. The summed E-state index contributed by atoms with van der Waals surface area (Å²) in [6, 6.07) is 16.8. The SMILES string of the molecule is Cc1cc2cc(N)ccc2c(O)c1N=Nc1ccc2ccccc2c1S(=O)(=O)O. The molecule has 0 spiro atoms. The first-order chi connectivity index (χ1) is 13.8. The molecular formula is C21H17N3O4S. The molecule has 0 aliphatic heterocycles. The van der Waals surface area contributed by atoms with Crippen LogP contribution in [0.5, 0.6) is 5.75 Å². The molecule has 8 heteroatoms. The van der Waals surface area contributed by atoms with Gasteiger partial charge in [0, 0.05) is 16.5 Å². The van der Waals surface area contributed by atoms with E-state index in [4.69, 9.17) is 5.73 Å². The van der Waals surface area contributed by atoms with Gasteiger partial charge in [-0.25, -0.2) is 0 Å². The van der Waals surface area contributed by atoms with E-state index in [0.29, 0.717) is 27.4 Å². The number of azo groups is 1. The van der Waals surface area contributed by atoms with E-state index >= 15 is 0 Å². The van der Waals surface area contributed by atoms with Crippen LogP contribution in [0.4, 0.5) is 17.1 Å². The third-order valence-corrected chi connectivity index (χ3v) is 5.62. The maximum absolute atomic E-state index is 12.0. The van der Waals surface area contributed by atoms with Crippen molar-refractivity contribution in [2.24, 2.45) is 10.2 Å². The van der Waals surface area contributed by atoms with Crippen molar-refractivity contribution in [2.75, 3.05) is 5.73 Å². The molecule has 0 aromatic heterocycles. The Labute approximate surface area is 166 Å². The quantitative estimate of drug-likeness (QED) is 0.243. The predicted octanol–water partition coefficient (Wildman–Crippen LogP) is 5.25. The highest BCUT2D eigenvalue weighted by Crippen LogP contribution is 2.40. The molecule has 4 rings (SSSR count). The Morgan fingerprint density at radius 2 is 1.66 bits per heavy atom. The zero-order valence-electron chi connectivity index (χ0n) is 15.4. The second-order valence-corrected chi connectivity index (χ2v) is 8.04. The lowest BCUT2D eigenvalue weighted by Crippen LogP contribution is -1.99. The summed E-state index contributed by atoms with van der Waals surface area (Å²) in [5, 5.41) is 21.1. The molecule has 0 aliphatic rings. The van der Waals surface area contributed by atoms with Crippen molar-refractivity contribution in [2.45, 2.75) is 11.8 Å². The number of nitrogens with two attached hydrogens (primary N) is 1. The fraction of sp³-hybridized carbons (Fsp3) is 0.0476. The van der Waals surface area contributed by atoms with E-state index in [1.807, 2.05) is 6.07 Å². The molecular weight excluding hydrogens is 390 g/mol. The van der Waals surface area contributed by atoms with Gasteiger partial charge in [-0.2, -0.15) is 8.42 Å². The number of nitrogens with zero attached hydrogens (tertiary/aromatic N) is 2. The number of hydrogen-bond acceptors (Lipinski definition) is 6. The van der Waals surface area contributed by atoms with E-state index in [1.165, 1.54) is 6.07 Å². The molecule has 0 heterocycles. The molecule has 4 aromatic rings. The van der Waals surface area contributed by atoms with Crippen LogP contribution in [0.3, 0.4) is 0 Å². The average molecular weight is 407 g/mol. The van der Waals surface area contributed by atoms with Crippen LogP contribution in [-0.4, -0.2) is 18.1 Å². The van der Waals surface area contributed by atoms with Crippen molar-refractivity contribution in [3.8, 4) is 5.75 Å². The van der Waals surface area contributed by atoms with Crippen LogP contribution in [0, 0.1) is 6.92 Å². The molecule has 0 saturated heterocycles. The summed E-state index contributed by atoms with van der Waals surface area (Å²) in [6.07, 6.45) is 0. The van der Waals surface area contributed by atoms with Crippen molar-refractivity contribution in [3.05, 3.63) is 66.2 Å². The van der Waals surface area contributed by atoms with E-state index in [9.17, 15) is 18.1 Å². The third-order valence-electron chi connectivity index (χ3n) is 4.68. The van der Waals surface area contributed by atoms with Gasteiger partial charge in [0.15, 0.2) is 5.75 Å². The standard InChI is InChI=1S/C21H17N3O4S/c1-12-10-14-11-15(22)7-8-16(14)20(25)19(12)24-23-18-9-6-13-4-2-3-5-17(13)21(18)29(26,27)28/h2-11,25H,22H2,1H3,(H,26,27,28). The lowest BCUT2D eigenvalue weighted by Gasteiger charge is -2.09. The smallest absolute Gasteiger partial charge is 0.297 e. The zero-order chi connectivity index (χ0) is 20.8. The number of anilines is 1. The van der Waals surface area contributed by atoms with Crippen molar-refractivity contribution in [3.63, 3.8) is 0 Å². The van der Waals surface area contributed by atoms with Crippen LogP contribution in [0.2, 0.25) is 0 Å². The molecule has 29 heavy (non-hydrogen) atoms. The van der Waals surface area contributed by atoms with Gasteiger partial charge in [-0.05, 0) is 53.6 Å². The highest BCUT2D eigenvalue weighted by molar-refractivity contribution is 7.86. The molecule has 0 bridgehead atoms. The predicted molar refractivity (Wildman–Crippen MR) is 113 cm³/mol. The van der Waals surface area contributed by atoms with Gasteiger partial charge >= 0.3 is 0 Å². The summed E-state index contributed by atoms with van der Waals surface area (Å²) in [5.41, 5.74) is 7.18. The Morgan fingerprint density at radius 3 is 2.41 bits per heavy atom. The third kappa shape index (κ3) is 3.39. The van der Waals surface area contributed by atoms with Gasteiger partial charge in [-0.1, -0.05) is 30.3 Å². The van der Waals surface area contributed by atoms with Crippen LogP contribution < -0.4 is 5.73 Å². The first kappa shape index (κ1) is 18.9. The minimum Gasteiger partial charge on any atom is -0.505 e. The summed E-state index contributed by atoms with van der Waals surface area (Å²) < 4.78 is 33.8. The summed E-state index contributed by atoms with van der Waals surface area (Å²) in [6.45, 7) is 1.75. The maximum Gasteiger partial charge on any atom is 0.297 e. The van der Waals surface area contributed by atoms with Crippen LogP contribution in [0.25, 0.3) is 21.5 Å². The average Bonchev–Trinajstić information content (AvgIpc) is 2.66. The molecule has 0 amide bonds. The number of fused-ring (bicyclic) bond motifs is 2. The number of benzene rings is 4. The molecule has 0 fully saturated rings. The Balaban J connectivity index is 1.91. The number of phenolic OH excluding ortho intramolecular Hbond substituents is 1. The summed E-state index contributed by atoms with van der Waals surface area (Å²) >= 11 is 0. The number of aryl methyl sites for hydroxylation is 1. The van der Waals surface area contributed by atoms with E-state index in [1.54, 1.807) is 55.5 Å². The fourth-order valence-electron chi connectivity index (χ4n) is 3.34. The van der Waals surface area contributed by atoms with Crippen LogP contribution in [-0.2, 0) is 10.1 Å². The highest BCUT2D eigenvalue weighted by atomic mass is 32.2. The summed E-state index contributed by atoms with van der Waals surface area (Å²) in [4.78, 5) is -0.329. The topological polar surface area (TPSA) is 125 Å². The maximum atomic E-state index is 12.0. The zero-order valence-corrected chi connectivity index (χ0v) is 16.2. The molecule has 0 radical (unpaired) electrons. The van der Waals surface area contributed by atoms with Gasteiger partial charge in [0.1, 0.15) is 16.3 Å². The van der Waals surface area contributed by atoms with E-state index in [0.717, 1.165) is 5.39 Å². The fourth-order valence-corrected chi connectivity index (χ4v) is 4.18. The Bertz CT molecular complexity index is 1410. The Kier molecular flexibility index (Phi) is 4.45. The lowest BCUT2D eigenvalue weighted by molar-refractivity contribution is 0.482. The number of nitrogen functional groups attached to an aromatic ring is 1. The van der Waals surface area contributed by atoms with E-state index in [-0.39, 0.29) is 22.0 Å². The molecule has 0 unspecified atom stereocenters. The molecule has 146 valence electrons. The highest BCUT2D eigenvalue weighted by Gasteiger charge is 2.20. The lowest BCUT2D eigenvalue weighted by atomic mass is 10.0. The molecule has 7 nitrogen and oxygen atoms in total. The van der Waals surface area contributed by atoms with Crippen molar-refractivity contribution >= 4 is 48.7 Å². The Hall–Kier alpha value is -3.49. The van der Waals surface area contributed by atoms with Gasteiger partial charge < -0.3 is 10.8 Å². The molecule has 0 atom stereocenters. The molecule has 4 aromatic carbocycles. The minimum atomic E-state index is -4.55. The normalized spacial score (nSPS) is 12.2. The number of hydrogen-bond donors (Lipinski definition) is 3. The number of rotatable bonds is 3. The molecule has 0 aliphatic carbocycles. The van der Waals surface area contributed by atoms with Crippen molar-refractivity contribution in [1.82, 2.24) is 0 Å². The van der Waals surface area contributed by atoms with Gasteiger partial charge in [-0.15, -0.1) is 10.2 Å². The largest absolute Gasteiger partial charge is 0.505 e. The number of phenols is 1. The van der Waals surface area contributed by atoms with Gasteiger partial charge in [0.25, 0.3) is 10.1 Å². The number of aromatic hydroxyl groups is 1. The Morgan fingerprint density at radius 1 is 0.897 bits per heavy atom. The second-order valence-electron chi connectivity index (χ2n) is 6.68. The van der Waals surface area contributed by atoms with Crippen molar-refractivity contribution in [1.29, 1.82) is 0 Å². The van der Waals surface area contributed by atoms with Crippen LogP contribution in [0.1, 0.15) is 5.56 Å². The van der Waals surface area contributed by atoms with Crippen LogP contribution >= 0.6 is 0 Å². The summed E-state index contributed by atoms with van der Waals surface area (Å²) in [5.74, 6) is -0.0852. The van der Waals surface area contributed by atoms with E-state index < -0.39 is 10.1 Å². The van der Waals surface area contributed by atoms with Gasteiger partial charge in [0.2, 0.25) is 0 Å².